The zero-order valence-electron chi connectivity index (χ0n) is 9.72. The van der Waals surface area contributed by atoms with Gasteiger partial charge in [-0.3, -0.25) is 0 Å². The van der Waals surface area contributed by atoms with Gasteiger partial charge in [-0.05, 0) is 31.7 Å². The van der Waals surface area contributed by atoms with E-state index in [4.69, 9.17) is 0 Å². The number of hydrogen-bond donors (Lipinski definition) is 1. The van der Waals surface area contributed by atoms with Gasteiger partial charge >= 0.3 is 0 Å². The molecule has 2 heteroatoms. The van der Waals surface area contributed by atoms with Crippen LogP contribution in [0.2, 0.25) is 0 Å². The van der Waals surface area contributed by atoms with Crippen LogP contribution in [0.3, 0.4) is 0 Å². The van der Waals surface area contributed by atoms with E-state index in [-0.39, 0.29) is 0 Å². The lowest BCUT2D eigenvalue weighted by molar-refractivity contribution is 0.500. The Morgan fingerprint density at radius 1 is 1.36 bits per heavy atom. The molecule has 1 fully saturated rings. The molecule has 1 saturated carbocycles. The smallest absolute Gasteiger partial charge is 0.00607 e. The molecule has 84 valence electrons. The summed E-state index contributed by atoms with van der Waals surface area (Å²) in [6.07, 6.45) is 7.16. The Labute approximate surface area is 93.4 Å². The van der Waals surface area contributed by atoms with Gasteiger partial charge in [0, 0.05) is 17.5 Å². The summed E-state index contributed by atoms with van der Waals surface area (Å²) in [6.45, 7) is 7.05. The van der Waals surface area contributed by atoms with Gasteiger partial charge in [-0.1, -0.05) is 26.7 Å². The maximum absolute atomic E-state index is 3.59. The van der Waals surface area contributed by atoms with E-state index in [2.05, 4.69) is 30.9 Å². The maximum atomic E-state index is 3.59. The van der Waals surface area contributed by atoms with E-state index in [1.807, 2.05) is 0 Å². The molecule has 1 atom stereocenters. The molecule has 1 nitrogen and oxygen atoms in total. The standard InChI is InChI=1S/C12H25NS/c1-3-11(2)14-9-8-13-10-12-6-4-5-7-12/h11-13H,3-10H2,1-2H3. The Morgan fingerprint density at radius 2 is 2.07 bits per heavy atom. The molecule has 0 aromatic heterocycles. The quantitative estimate of drug-likeness (QED) is 0.654. The lowest BCUT2D eigenvalue weighted by Gasteiger charge is -2.11. The number of rotatable bonds is 7. The van der Waals surface area contributed by atoms with Crippen molar-refractivity contribution in [2.45, 2.75) is 51.2 Å². The summed E-state index contributed by atoms with van der Waals surface area (Å²) in [5.74, 6) is 2.27. The number of nitrogens with one attached hydrogen (secondary N) is 1. The lowest BCUT2D eigenvalue weighted by atomic mass is 10.1. The van der Waals surface area contributed by atoms with Crippen molar-refractivity contribution in [1.82, 2.24) is 5.32 Å². The van der Waals surface area contributed by atoms with Gasteiger partial charge in [0.2, 0.25) is 0 Å². The molecular weight excluding hydrogens is 190 g/mol. The summed E-state index contributed by atoms with van der Waals surface area (Å²) in [7, 11) is 0. The highest BCUT2D eigenvalue weighted by Gasteiger charge is 2.13. The van der Waals surface area contributed by atoms with Crippen LogP contribution in [0.4, 0.5) is 0 Å². The summed E-state index contributed by atoms with van der Waals surface area (Å²) in [5.41, 5.74) is 0. The summed E-state index contributed by atoms with van der Waals surface area (Å²) in [6, 6.07) is 0. The van der Waals surface area contributed by atoms with Crippen molar-refractivity contribution >= 4 is 11.8 Å². The minimum absolute atomic E-state index is 0.836. The first kappa shape index (κ1) is 12.4. The van der Waals surface area contributed by atoms with Crippen LogP contribution in [0.5, 0.6) is 0 Å². The Balaban J connectivity index is 1.84. The van der Waals surface area contributed by atoms with E-state index in [1.54, 1.807) is 0 Å². The molecule has 1 unspecified atom stereocenters. The van der Waals surface area contributed by atoms with Gasteiger partial charge < -0.3 is 5.32 Å². The van der Waals surface area contributed by atoms with Crippen molar-refractivity contribution < 1.29 is 0 Å². The SMILES string of the molecule is CCC(C)SCCNCC1CCCC1. The van der Waals surface area contributed by atoms with Crippen molar-refractivity contribution in [3.8, 4) is 0 Å². The van der Waals surface area contributed by atoms with Gasteiger partial charge in [0.1, 0.15) is 0 Å². The van der Waals surface area contributed by atoms with E-state index < -0.39 is 0 Å². The van der Waals surface area contributed by atoms with Crippen LogP contribution < -0.4 is 5.32 Å². The third-order valence-corrected chi connectivity index (χ3v) is 4.51. The molecule has 1 aliphatic carbocycles. The van der Waals surface area contributed by atoms with Crippen molar-refractivity contribution in [2.75, 3.05) is 18.8 Å². The largest absolute Gasteiger partial charge is 0.316 e. The monoisotopic (exact) mass is 215 g/mol. The van der Waals surface area contributed by atoms with Gasteiger partial charge in [-0.15, -0.1) is 0 Å². The molecule has 0 aromatic rings. The van der Waals surface area contributed by atoms with Crippen LogP contribution in [0.15, 0.2) is 0 Å². The fourth-order valence-corrected chi connectivity index (χ4v) is 2.87. The van der Waals surface area contributed by atoms with Crippen LogP contribution in [0, 0.1) is 5.92 Å². The van der Waals surface area contributed by atoms with E-state index in [1.165, 1.54) is 50.9 Å². The van der Waals surface area contributed by atoms with Gasteiger partial charge in [-0.2, -0.15) is 11.8 Å². The normalized spacial score (nSPS) is 20.1. The molecular formula is C12H25NS. The van der Waals surface area contributed by atoms with Crippen molar-refractivity contribution in [2.24, 2.45) is 5.92 Å². The highest BCUT2D eigenvalue weighted by atomic mass is 32.2. The summed E-state index contributed by atoms with van der Waals surface area (Å²) in [5, 5.41) is 4.42. The first-order valence-electron chi connectivity index (χ1n) is 6.15. The Hall–Kier alpha value is 0.310. The number of hydrogen-bond acceptors (Lipinski definition) is 2. The predicted molar refractivity (Wildman–Crippen MR) is 67.0 cm³/mol. The second kappa shape index (κ2) is 7.58. The topological polar surface area (TPSA) is 12.0 Å². The highest BCUT2D eigenvalue weighted by molar-refractivity contribution is 7.99. The molecule has 1 rings (SSSR count). The van der Waals surface area contributed by atoms with Crippen molar-refractivity contribution in [3.05, 3.63) is 0 Å². The van der Waals surface area contributed by atoms with Gasteiger partial charge in [-0.25, -0.2) is 0 Å². The first-order chi connectivity index (χ1) is 6.83. The average Bonchev–Trinajstić information content (AvgIpc) is 2.69. The zero-order valence-corrected chi connectivity index (χ0v) is 10.5. The second-order valence-electron chi connectivity index (χ2n) is 4.44. The van der Waals surface area contributed by atoms with E-state index >= 15 is 0 Å². The molecule has 1 aliphatic rings. The van der Waals surface area contributed by atoms with E-state index in [9.17, 15) is 0 Å². The molecule has 14 heavy (non-hydrogen) atoms. The van der Waals surface area contributed by atoms with Crippen LogP contribution in [-0.4, -0.2) is 24.1 Å². The minimum Gasteiger partial charge on any atom is -0.316 e. The van der Waals surface area contributed by atoms with Gasteiger partial charge in [0.05, 0.1) is 0 Å². The molecule has 0 spiro atoms. The average molecular weight is 215 g/mol. The fourth-order valence-electron chi connectivity index (χ4n) is 1.97. The van der Waals surface area contributed by atoms with Crippen LogP contribution in [-0.2, 0) is 0 Å². The Morgan fingerprint density at radius 3 is 2.71 bits per heavy atom. The summed E-state index contributed by atoms with van der Waals surface area (Å²) >= 11 is 2.10. The van der Waals surface area contributed by atoms with E-state index in [0.717, 1.165) is 11.2 Å². The van der Waals surface area contributed by atoms with Gasteiger partial charge in [0.15, 0.2) is 0 Å². The third kappa shape index (κ3) is 5.26. The van der Waals surface area contributed by atoms with Crippen molar-refractivity contribution in [3.63, 3.8) is 0 Å². The molecule has 0 saturated heterocycles. The number of thioether (sulfide) groups is 1. The predicted octanol–water partition coefficient (Wildman–Crippen LogP) is 3.30. The lowest BCUT2D eigenvalue weighted by Crippen LogP contribution is -2.24. The van der Waals surface area contributed by atoms with Crippen LogP contribution in [0.1, 0.15) is 46.0 Å². The molecule has 0 aliphatic heterocycles. The second-order valence-corrected chi connectivity index (χ2v) is 5.99. The summed E-state index contributed by atoms with van der Waals surface area (Å²) in [4.78, 5) is 0. The highest BCUT2D eigenvalue weighted by Crippen LogP contribution is 2.23. The molecule has 0 heterocycles. The van der Waals surface area contributed by atoms with Gasteiger partial charge in [0.25, 0.3) is 0 Å². The van der Waals surface area contributed by atoms with Crippen molar-refractivity contribution in [1.29, 1.82) is 0 Å². The minimum atomic E-state index is 0.836. The van der Waals surface area contributed by atoms with E-state index in [0.29, 0.717) is 0 Å². The fraction of sp³-hybridized carbons (Fsp3) is 1.00. The zero-order chi connectivity index (χ0) is 10.2. The molecule has 0 amide bonds. The Bertz CT molecular complexity index is 132. The molecule has 0 radical (unpaired) electrons. The summed E-state index contributed by atoms with van der Waals surface area (Å²) < 4.78 is 0. The third-order valence-electron chi connectivity index (χ3n) is 3.16. The maximum Gasteiger partial charge on any atom is 0.00607 e. The van der Waals surface area contributed by atoms with Crippen LogP contribution in [0.25, 0.3) is 0 Å². The molecule has 0 bridgehead atoms. The van der Waals surface area contributed by atoms with Crippen LogP contribution >= 0.6 is 11.8 Å². The molecule has 1 N–H and O–H groups in total. The first-order valence-corrected chi connectivity index (χ1v) is 7.20. The Kier molecular flexibility index (Phi) is 6.70. The molecule has 0 aromatic carbocycles.